The number of imidazole rings is 1. The number of hydrogen-bond acceptors (Lipinski definition) is 3. The van der Waals surface area contributed by atoms with Crippen LogP contribution in [-0.2, 0) is 4.79 Å². The van der Waals surface area contributed by atoms with Crippen molar-refractivity contribution in [1.82, 2.24) is 9.55 Å². The number of hydrogen-bond donors (Lipinski definition) is 0. The first-order valence-corrected chi connectivity index (χ1v) is 8.89. The summed E-state index contributed by atoms with van der Waals surface area (Å²) in [6.07, 6.45) is 2.96. The molecule has 1 aromatic heterocycles. The van der Waals surface area contributed by atoms with Crippen LogP contribution >= 0.6 is 0 Å². The van der Waals surface area contributed by atoms with Crippen molar-refractivity contribution in [3.8, 4) is 34.0 Å². The molecule has 0 unspecified atom stereocenters. The molecule has 0 atom stereocenters. The molecule has 0 spiro atoms. The number of carbonyl (C=O) groups is 1. The largest absolute Gasteiger partial charge is 0.423 e. The Morgan fingerprint density at radius 3 is 2.07 bits per heavy atom. The Hall–Kier alpha value is -3.92. The fourth-order valence-electron chi connectivity index (χ4n) is 3.06. The van der Waals surface area contributed by atoms with Gasteiger partial charge in [-0.2, -0.15) is 0 Å². The molecule has 4 aromatic rings. The summed E-state index contributed by atoms with van der Waals surface area (Å²) in [7, 11) is 0. The van der Waals surface area contributed by atoms with Crippen LogP contribution in [0.1, 0.15) is 0 Å². The first-order valence-electron chi connectivity index (χ1n) is 8.89. The van der Waals surface area contributed by atoms with Gasteiger partial charge in [-0.1, -0.05) is 67.2 Å². The lowest BCUT2D eigenvalue weighted by Crippen LogP contribution is -2.03. The van der Waals surface area contributed by atoms with E-state index in [2.05, 4.69) is 35.8 Å². The Balaban J connectivity index is 1.81. The van der Waals surface area contributed by atoms with Gasteiger partial charge in [0, 0.05) is 22.9 Å². The minimum Gasteiger partial charge on any atom is -0.423 e. The molecule has 136 valence electrons. The van der Waals surface area contributed by atoms with Crippen molar-refractivity contribution in [2.45, 2.75) is 0 Å². The SMILES string of the molecule is C=CC(=O)Oc1ccc(-n2cnc(-c3ccccc3)c2-c2ccccc2)cc1. The van der Waals surface area contributed by atoms with Crippen LogP contribution in [0.4, 0.5) is 0 Å². The zero-order valence-corrected chi connectivity index (χ0v) is 15.2. The fourth-order valence-corrected chi connectivity index (χ4v) is 3.06. The minimum atomic E-state index is -0.480. The van der Waals surface area contributed by atoms with Gasteiger partial charge in [0.1, 0.15) is 12.1 Å². The maximum Gasteiger partial charge on any atom is 0.335 e. The van der Waals surface area contributed by atoms with E-state index >= 15 is 0 Å². The molecule has 28 heavy (non-hydrogen) atoms. The molecule has 4 heteroatoms. The average Bonchev–Trinajstić information content (AvgIpc) is 3.20. The summed E-state index contributed by atoms with van der Waals surface area (Å²) in [4.78, 5) is 16.1. The molecule has 0 aliphatic heterocycles. The van der Waals surface area contributed by atoms with Crippen molar-refractivity contribution in [2.24, 2.45) is 0 Å². The predicted octanol–water partition coefficient (Wildman–Crippen LogP) is 5.30. The number of aromatic nitrogens is 2. The second kappa shape index (κ2) is 7.76. The highest BCUT2D eigenvalue weighted by Gasteiger charge is 2.16. The maximum absolute atomic E-state index is 11.4. The molecule has 0 saturated heterocycles. The van der Waals surface area contributed by atoms with Crippen LogP contribution in [0, 0.1) is 0 Å². The highest BCUT2D eigenvalue weighted by atomic mass is 16.5. The van der Waals surface area contributed by atoms with E-state index in [4.69, 9.17) is 4.74 Å². The van der Waals surface area contributed by atoms with Crippen molar-refractivity contribution in [3.63, 3.8) is 0 Å². The van der Waals surface area contributed by atoms with Gasteiger partial charge >= 0.3 is 5.97 Å². The lowest BCUT2D eigenvalue weighted by molar-refractivity contribution is -0.128. The molecule has 0 saturated carbocycles. The van der Waals surface area contributed by atoms with Gasteiger partial charge in [0.25, 0.3) is 0 Å². The number of nitrogens with zero attached hydrogens (tertiary/aromatic N) is 2. The summed E-state index contributed by atoms with van der Waals surface area (Å²) in [5.41, 5.74) is 4.96. The Labute approximate surface area is 163 Å². The number of esters is 1. The standard InChI is InChI=1S/C24H18N2O2/c1-2-22(27)28-21-15-13-20(14-16-21)26-17-25-23(18-9-5-3-6-10-18)24(26)19-11-7-4-8-12-19/h2-17H,1H2. The van der Waals surface area contributed by atoms with Crippen molar-refractivity contribution in [3.05, 3.63) is 104 Å². The first-order chi connectivity index (χ1) is 13.8. The summed E-state index contributed by atoms with van der Waals surface area (Å²) < 4.78 is 7.20. The van der Waals surface area contributed by atoms with Crippen molar-refractivity contribution < 1.29 is 9.53 Å². The zero-order valence-electron chi connectivity index (χ0n) is 15.2. The van der Waals surface area contributed by atoms with Gasteiger partial charge in [-0.25, -0.2) is 9.78 Å². The Morgan fingerprint density at radius 1 is 0.857 bits per heavy atom. The second-order valence-corrected chi connectivity index (χ2v) is 6.16. The van der Waals surface area contributed by atoms with E-state index in [0.717, 1.165) is 34.3 Å². The zero-order chi connectivity index (χ0) is 19.3. The summed E-state index contributed by atoms with van der Waals surface area (Å²) >= 11 is 0. The van der Waals surface area contributed by atoms with Crippen LogP contribution in [-0.4, -0.2) is 15.5 Å². The van der Waals surface area contributed by atoms with Gasteiger partial charge in [-0.3, -0.25) is 4.57 Å². The number of ether oxygens (including phenoxy) is 1. The number of benzene rings is 3. The Morgan fingerprint density at radius 2 is 1.46 bits per heavy atom. The van der Waals surface area contributed by atoms with Crippen LogP contribution < -0.4 is 4.74 Å². The van der Waals surface area contributed by atoms with Crippen LogP contribution in [0.15, 0.2) is 104 Å². The van der Waals surface area contributed by atoms with E-state index in [0.29, 0.717) is 5.75 Å². The molecule has 1 heterocycles. The van der Waals surface area contributed by atoms with Gasteiger partial charge in [0.15, 0.2) is 0 Å². The molecule has 0 aliphatic rings. The third kappa shape index (κ3) is 3.48. The lowest BCUT2D eigenvalue weighted by atomic mass is 10.0. The fraction of sp³-hybridized carbons (Fsp3) is 0. The summed E-state index contributed by atoms with van der Waals surface area (Å²) in [5, 5.41) is 0. The third-order valence-electron chi connectivity index (χ3n) is 4.36. The van der Waals surface area contributed by atoms with Gasteiger partial charge < -0.3 is 4.74 Å². The molecule has 4 rings (SSSR count). The van der Waals surface area contributed by atoms with E-state index in [9.17, 15) is 4.79 Å². The normalized spacial score (nSPS) is 10.4. The monoisotopic (exact) mass is 366 g/mol. The molecule has 0 aliphatic carbocycles. The van der Waals surface area contributed by atoms with E-state index in [1.807, 2.05) is 59.4 Å². The van der Waals surface area contributed by atoms with Gasteiger partial charge in [-0.05, 0) is 24.3 Å². The maximum atomic E-state index is 11.4. The van der Waals surface area contributed by atoms with E-state index in [1.165, 1.54) is 0 Å². The van der Waals surface area contributed by atoms with Gasteiger partial charge in [-0.15, -0.1) is 0 Å². The lowest BCUT2D eigenvalue weighted by Gasteiger charge is -2.11. The van der Waals surface area contributed by atoms with E-state index in [-0.39, 0.29) is 0 Å². The molecule has 4 nitrogen and oxygen atoms in total. The second-order valence-electron chi connectivity index (χ2n) is 6.16. The van der Waals surface area contributed by atoms with Crippen molar-refractivity contribution >= 4 is 5.97 Å². The van der Waals surface area contributed by atoms with Crippen molar-refractivity contribution in [2.75, 3.05) is 0 Å². The average molecular weight is 366 g/mol. The molecule has 0 fully saturated rings. The van der Waals surface area contributed by atoms with Gasteiger partial charge in [0.2, 0.25) is 0 Å². The number of rotatable bonds is 5. The van der Waals surface area contributed by atoms with Crippen LogP contribution in [0.25, 0.3) is 28.2 Å². The van der Waals surface area contributed by atoms with Crippen LogP contribution in [0.5, 0.6) is 5.75 Å². The summed E-state index contributed by atoms with van der Waals surface area (Å²) in [5.74, 6) is -0.00923. The Kier molecular flexibility index (Phi) is 4.85. The molecule has 0 bridgehead atoms. The highest BCUT2D eigenvalue weighted by Crippen LogP contribution is 2.33. The Bertz CT molecular complexity index is 1100. The molecular weight excluding hydrogens is 348 g/mol. The van der Waals surface area contributed by atoms with Gasteiger partial charge in [0.05, 0.1) is 11.4 Å². The van der Waals surface area contributed by atoms with E-state index in [1.54, 1.807) is 12.1 Å². The minimum absolute atomic E-state index is 0.471. The topological polar surface area (TPSA) is 44.1 Å². The van der Waals surface area contributed by atoms with Crippen LogP contribution in [0.2, 0.25) is 0 Å². The molecule has 0 N–H and O–H groups in total. The molecule has 0 radical (unpaired) electrons. The molecule has 3 aromatic carbocycles. The predicted molar refractivity (Wildman–Crippen MR) is 110 cm³/mol. The quantitative estimate of drug-likeness (QED) is 0.274. The van der Waals surface area contributed by atoms with E-state index < -0.39 is 5.97 Å². The molecular formula is C24H18N2O2. The smallest absolute Gasteiger partial charge is 0.335 e. The van der Waals surface area contributed by atoms with Crippen molar-refractivity contribution in [1.29, 1.82) is 0 Å². The third-order valence-corrected chi connectivity index (χ3v) is 4.36. The summed E-state index contributed by atoms with van der Waals surface area (Å²) in [6, 6.07) is 27.6. The first kappa shape index (κ1) is 17.5. The highest BCUT2D eigenvalue weighted by molar-refractivity contribution is 5.83. The molecule has 0 amide bonds. The number of carbonyl (C=O) groups excluding carboxylic acids is 1. The summed E-state index contributed by atoms with van der Waals surface area (Å²) in [6.45, 7) is 3.41. The van der Waals surface area contributed by atoms with Crippen LogP contribution in [0.3, 0.4) is 0 Å².